The van der Waals surface area contributed by atoms with Gasteiger partial charge in [0.2, 0.25) is 0 Å². The van der Waals surface area contributed by atoms with E-state index in [9.17, 15) is 0 Å². The summed E-state index contributed by atoms with van der Waals surface area (Å²) in [6.07, 6.45) is 21.4. The van der Waals surface area contributed by atoms with E-state index in [1.807, 2.05) is 97.1 Å². The van der Waals surface area contributed by atoms with E-state index >= 15 is 0 Å². The molecular weight excluding hydrogens is 428 g/mol. The van der Waals surface area contributed by atoms with Crippen LogP contribution in [0.25, 0.3) is 48.6 Å². The Labute approximate surface area is 195 Å². The fourth-order valence-corrected chi connectivity index (χ4v) is 3.17. The number of nitrogens with zero attached hydrogens (tertiary/aromatic N) is 2. The largest absolute Gasteiger partial charge is 0.465 e. The molecule has 0 atom stereocenters. The van der Waals surface area contributed by atoms with Crippen molar-refractivity contribution >= 4 is 48.6 Å². The molecule has 0 radical (unpaired) electrons. The molecule has 0 aliphatic heterocycles. The molecule has 0 aliphatic rings. The third kappa shape index (κ3) is 5.31. The van der Waals surface area contributed by atoms with Crippen LogP contribution in [0.3, 0.4) is 0 Å². The lowest BCUT2D eigenvalue weighted by molar-refractivity contribution is 0.557. The van der Waals surface area contributed by atoms with Gasteiger partial charge in [0.15, 0.2) is 0 Å². The summed E-state index contributed by atoms with van der Waals surface area (Å²) in [4.78, 5) is 9.78. The Morgan fingerprint density at radius 1 is 0.382 bits per heavy atom. The summed E-state index contributed by atoms with van der Waals surface area (Å²) >= 11 is 0. The van der Waals surface area contributed by atoms with Crippen molar-refractivity contribution in [3.05, 3.63) is 119 Å². The van der Waals surface area contributed by atoms with Crippen molar-refractivity contribution < 1.29 is 17.7 Å². The first-order valence-electron chi connectivity index (χ1n) is 10.6. The van der Waals surface area contributed by atoms with E-state index in [0.29, 0.717) is 22.8 Å². The summed E-state index contributed by atoms with van der Waals surface area (Å²) in [6.45, 7) is 0. The minimum atomic E-state index is 0.674. The van der Waals surface area contributed by atoms with Crippen molar-refractivity contribution in [3.8, 4) is 0 Å². The molecule has 0 saturated carbocycles. The van der Waals surface area contributed by atoms with Crippen LogP contribution < -0.4 is 0 Å². The standard InChI is InChI=1S/C28H20N2O4/c1-5-21(31-17-1)9-13-25-26(14-10-22-6-2-18-32-22)30-28(16-12-24-8-4-20-34-24)27(29-25)15-11-23-7-3-19-33-23/h1-20H. The first-order chi connectivity index (χ1) is 16.8. The van der Waals surface area contributed by atoms with Gasteiger partial charge in [-0.2, -0.15) is 0 Å². The van der Waals surface area contributed by atoms with Crippen LogP contribution >= 0.6 is 0 Å². The highest BCUT2D eigenvalue weighted by Gasteiger charge is 2.09. The molecule has 0 N–H and O–H groups in total. The maximum atomic E-state index is 5.43. The van der Waals surface area contributed by atoms with Crippen LogP contribution in [-0.4, -0.2) is 9.97 Å². The second kappa shape index (κ2) is 10.2. The highest BCUT2D eigenvalue weighted by molar-refractivity contribution is 5.80. The van der Waals surface area contributed by atoms with E-state index in [1.54, 1.807) is 25.1 Å². The fraction of sp³-hybridized carbons (Fsp3) is 0. The predicted molar refractivity (Wildman–Crippen MR) is 133 cm³/mol. The van der Waals surface area contributed by atoms with Gasteiger partial charge in [0.05, 0.1) is 47.8 Å². The highest BCUT2D eigenvalue weighted by Crippen LogP contribution is 2.20. The zero-order valence-electron chi connectivity index (χ0n) is 18.1. The Bertz CT molecular complexity index is 1200. The van der Waals surface area contributed by atoms with Crippen molar-refractivity contribution in [1.82, 2.24) is 9.97 Å². The summed E-state index contributed by atoms with van der Waals surface area (Å²) in [5.74, 6) is 2.88. The number of hydrogen-bond donors (Lipinski definition) is 0. The van der Waals surface area contributed by atoms with E-state index < -0.39 is 0 Å². The van der Waals surface area contributed by atoms with Crippen LogP contribution in [0.5, 0.6) is 0 Å². The van der Waals surface area contributed by atoms with E-state index in [1.165, 1.54) is 0 Å². The number of aromatic nitrogens is 2. The van der Waals surface area contributed by atoms with Crippen LogP contribution in [0.2, 0.25) is 0 Å². The van der Waals surface area contributed by atoms with Gasteiger partial charge in [-0.25, -0.2) is 9.97 Å². The fourth-order valence-electron chi connectivity index (χ4n) is 3.17. The maximum absolute atomic E-state index is 5.43. The van der Waals surface area contributed by atoms with Gasteiger partial charge in [-0.3, -0.25) is 0 Å². The van der Waals surface area contributed by atoms with Crippen molar-refractivity contribution in [2.75, 3.05) is 0 Å². The van der Waals surface area contributed by atoms with Crippen LogP contribution in [0.15, 0.2) is 91.3 Å². The van der Waals surface area contributed by atoms with Crippen LogP contribution in [0.4, 0.5) is 0 Å². The Morgan fingerprint density at radius 3 is 0.853 bits per heavy atom. The molecule has 0 spiro atoms. The third-order valence-electron chi connectivity index (χ3n) is 4.80. The number of hydrogen-bond acceptors (Lipinski definition) is 6. The third-order valence-corrected chi connectivity index (χ3v) is 4.80. The molecule has 0 amide bonds. The predicted octanol–water partition coefficient (Wildman–Crippen LogP) is 7.53. The van der Waals surface area contributed by atoms with Crippen molar-refractivity contribution in [2.45, 2.75) is 0 Å². The molecule has 34 heavy (non-hydrogen) atoms. The van der Waals surface area contributed by atoms with Gasteiger partial charge in [-0.1, -0.05) is 0 Å². The summed E-state index contributed by atoms with van der Waals surface area (Å²) in [7, 11) is 0. The summed E-state index contributed by atoms with van der Waals surface area (Å²) in [5.41, 5.74) is 2.70. The van der Waals surface area contributed by atoms with Gasteiger partial charge < -0.3 is 17.7 Å². The Kier molecular flexibility index (Phi) is 6.30. The highest BCUT2D eigenvalue weighted by atomic mass is 16.3. The molecule has 166 valence electrons. The second-order valence-corrected chi connectivity index (χ2v) is 7.16. The normalized spacial score (nSPS) is 12.2. The van der Waals surface area contributed by atoms with Crippen LogP contribution in [0, 0.1) is 0 Å². The summed E-state index contributed by atoms with van der Waals surface area (Å²) < 4.78 is 21.7. The Hall–Kier alpha value is -4.84. The molecule has 0 aromatic carbocycles. The maximum Gasteiger partial charge on any atom is 0.126 e. The second-order valence-electron chi connectivity index (χ2n) is 7.16. The first kappa shape index (κ1) is 21.0. The Morgan fingerprint density at radius 2 is 0.647 bits per heavy atom. The minimum absolute atomic E-state index is 0.674. The van der Waals surface area contributed by atoms with Gasteiger partial charge in [0, 0.05) is 0 Å². The van der Waals surface area contributed by atoms with Gasteiger partial charge in [-0.15, -0.1) is 0 Å². The summed E-state index contributed by atoms with van der Waals surface area (Å²) in [6, 6.07) is 14.8. The molecule has 0 bridgehead atoms. The molecule has 0 unspecified atom stereocenters. The average molecular weight is 448 g/mol. The van der Waals surface area contributed by atoms with Gasteiger partial charge in [0.25, 0.3) is 0 Å². The lowest BCUT2D eigenvalue weighted by atomic mass is 10.1. The average Bonchev–Trinajstić information content (AvgIpc) is 3.68. The van der Waals surface area contributed by atoms with E-state index in [0.717, 1.165) is 23.0 Å². The van der Waals surface area contributed by atoms with E-state index in [-0.39, 0.29) is 0 Å². The monoisotopic (exact) mass is 448 g/mol. The lowest BCUT2D eigenvalue weighted by Crippen LogP contribution is -1.99. The van der Waals surface area contributed by atoms with E-state index in [2.05, 4.69) is 0 Å². The van der Waals surface area contributed by atoms with Crippen LogP contribution in [-0.2, 0) is 0 Å². The zero-order chi connectivity index (χ0) is 23.0. The van der Waals surface area contributed by atoms with Crippen molar-refractivity contribution in [3.63, 3.8) is 0 Å². The topological polar surface area (TPSA) is 78.3 Å². The summed E-state index contributed by atoms with van der Waals surface area (Å²) in [5, 5.41) is 0. The van der Waals surface area contributed by atoms with Crippen LogP contribution in [0.1, 0.15) is 45.8 Å². The molecular formula is C28H20N2O4. The van der Waals surface area contributed by atoms with Crippen molar-refractivity contribution in [1.29, 1.82) is 0 Å². The molecule has 5 aromatic heterocycles. The van der Waals surface area contributed by atoms with E-state index in [4.69, 9.17) is 27.6 Å². The quantitative estimate of drug-likeness (QED) is 0.244. The van der Waals surface area contributed by atoms with Crippen molar-refractivity contribution in [2.24, 2.45) is 0 Å². The molecule has 5 rings (SSSR count). The lowest BCUT2D eigenvalue weighted by Gasteiger charge is -2.06. The number of furan rings is 4. The Balaban J connectivity index is 1.59. The molecule has 5 heterocycles. The zero-order valence-corrected chi connectivity index (χ0v) is 18.1. The van der Waals surface area contributed by atoms with Gasteiger partial charge in [0.1, 0.15) is 23.0 Å². The molecule has 0 saturated heterocycles. The first-order valence-corrected chi connectivity index (χ1v) is 10.6. The molecule has 6 heteroatoms. The molecule has 0 aliphatic carbocycles. The SMILES string of the molecule is C(=Cc1nc(C=Cc2ccco2)c(C=Cc2ccco2)nc1C=Cc1ccco1)c1ccco1. The number of rotatable bonds is 8. The molecule has 6 nitrogen and oxygen atoms in total. The minimum Gasteiger partial charge on any atom is -0.465 e. The molecule has 5 aromatic rings. The smallest absolute Gasteiger partial charge is 0.126 e. The van der Waals surface area contributed by atoms with Gasteiger partial charge >= 0.3 is 0 Å². The van der Waals surface area contributed by atoms with Gasteiger partial charge in [-0.05, 0) is 97.1 Å². The molecule has 0 fully saturated rings.